The van der Waals surface area contributed by atoms with Gasteiger partial charge in [0, 0.05) is 23.5 Å². The summed E-state index contributed by atoms with van der Waals surface area (Å²) in [5, 5.41) is 8.93. The molecule has 0 aliphatic rings. The van der Waals surface area contributed by atoms with Crippen LogP contribution in [0.15, 0.2) is 72.8 Å². The van der Waals surface area contributed by atoms with Gasteiger partial charge in [0.2, 0.25) is 11.8 Å². The topological polar surface area (TPSA) is 70.2 Å². The first-order chi connectivity index (χ1) is 14.5. The van der Waals surface area contributed by atoms with Crippen molar-refractivity contribution < 1.29 is 9.59 Å². The van der Waals surface area contributed by atoms with E-state index in [-0.39, 0.29) is 18.4 Å². The van der Waals surface area contributed by atoms with Crippen LogP contribution in [0.4, 0.5) is 17.1 Å². The van der Waals surface area contributed by atoms with Crippen molar-refractivity contribution in [3.8, 4) is 0 Å². The first-order valence-corrected chi connectivity index (χ1v) is 10.0. The van der Waals surface area contributed by atoms with Crippen LogP contribution in [-0.2, 0) is 16.0 Å². The normalized spacial score (nSPS) is 10.3. The Bertz CT molecular complexity index is 1020. The predicted molar refractivity (Wildman–Crippen MR) is 123 cm³/mol. The average Bonchev–Trinajstić information content (AvgIpc) is 2.74. The van der Waals surface area contributed by atoms with Gasteiger partial charge in [-0.25, -0.2) is 0 Å². The molecule has 0 fully saturated rings. The third kappa shape index (κ3) is 6.21. The molecule has 0 aliphatic heterocycles. The summed E-state index contributed by atoms with van der Waals surface area (Å²) >= 11 is 0. The number of aryl methyl sites for hydroxylation is 2. The van der Waals surface area contributed by atoms with Crippen LogP contribution in [0.2, 0.25) is 0 Å². The summed E-state index contributed by atoms with van der Waals surface area (Å²) in [4.78, 5) is 24.5. The highest BCUT2D eigenvalue weighted by Crippen LogP contribution is 2.18. The van der Waals surface area contributed by atoms with Crippen molar-refractivity contribution >= 4 is 28.9 Å². The second-order valence-corrected chi connectivity index (χ2v) is 7.26. The maximum atomic E-state index is 12.3. The summed E-state index contributed by atoms with van der Waals surface area (Å²) in [6.07, 6.45) is 1.09. The summed E-state index contributed by atoms with van der Waals surface area (Å²) in [7, 11) is 0. The SMILES string of the molecule is Cc1cccc(NCC(=O)Nc2cccc(NC(=O)CCc3ccccc3)c2)c1C. The Hall–Kier alpha value is -3.60. The molecule has 0 aliphatic carbocycles. The predicted octanol–water partition coefficient (Wildman–Crippen LogP) is 4.93. The summed E-state index contributed by atoms with van der Waals surface area (Å²) in [5.41, 5.74) is 5.69. The van der Waals surface area contributed by atoms with Crippen LogP contribution in [0, 0.1) is 13.8 Å². The molecule has 0 atom stereocenters. The van der Waals surface area contributed by atoms with Gasteiger partial charge in [-0.05, 0) is 61.2 Å². The third-order valence-electron chi connectivity index (χ3n) is 4.96. The second-order valence-electron chi connectivity index (χ2n) is 7.26. The van der Waals surface area contributed by atoms with E-state index in [0.29, 0.717) is 24.2 Å². The minimum absolute atomic E-state index is 0.0566. The minimum Gasteiger partial charge on any atom is -0.376 e. The van der Waals surface area contributed by atoms with Crippen LogP contribution in [0.25, 0.3) is 0 Å². The van der Waals surface area contributed by atoms with Gasteiger partial charge < -0.3 is 16.0 Å². The quantitative estimate of drug-likeness (QED) is 0.501. The summed E-state index contributed by atoms with van der Waals surface area (Å²) < 4.78 is 0. The fourth-order valence-corrected chi connectivity index (χ4v) is 3.12. The van der Waals surface area contributed by atoms with E-state index < -0.39 is 0 Å². The molecule has 3 aromatic carbocycles. The molecule has 0 unspecified atom stereocenters. The smallest absolute Gasteiger partial charge is 0.243 e. The van der Waals surface area contributed by atoms with Gasteiger partial charge in [-0.1, -0.05) is 48.5 Å². The average molecular weight is 402 g/mol. The molecule has 154 valence electrons. The lowest BCUT2D eigenvalue weighted by atomic mass is 10.1. The molecule has 0 saturated heterocycles. The van der Waals surface area contributed by atoms with E-state index >= 15 is 0 Å². The van der Waals surface area contributed by atoms with Gasteiger partial charge in [-0.3, -0.25) is 9.59 Å². The maximum absolute atomic E-state index is 12.3. The van der Waals surface area contributed by atoms with Gasteiger partial charge in [-0.2, -0.15) is 0 Å². The lowest BCUT2D eigenvalue weighted by molar-refractivity contribution is -0.116. The molecule has 2 amide bonds. The van der Waals surface area contributed by atoms with E-state index in [0.717, 1.165) is 16.8 Å². The summed E-state index contributed by atoms with van der Waals surface area (Å²) in [6, 6.07) is 23.1. The molecule has 0 bridgehead atoms. The fourth-order valence-electron chi connectivity index (χ4n) is 3.12. The number of rotatable bonds is 8. The van der Waals surface area contributed by atoms with Crippen molar-refractivity contribution in [3.05, 3.63) is 89.5 Å². The molecule has 0 radical (unpaired) electrons. The van der Waals surface area contributed by atoms with Gasteiger partial charge in [0.25, 0.3) is 0 Å². The van der Waals surface area contributed by atoms with Gasteiger partial charge >= 0.3 is 0 Å². The molecule has 0 heterocycles. The first-order valence-electron chi connectivity index (χ1n) is 10.0. The van der Waals surface area contributed by atoms with E-state index in [1.54, 1.807) is 18.2 Å². The number of anilines is 3. The van der Waals surface area contributed by atoms with E-state index in [1.165, 1.54) is 5.56 Å². The zero-order valence-electron chi connectivity index (χ0n) is 17.4. The van der Waals surface area contributed by atoms with E-state index in [1.807, 2.05) is 68.4 Å². The lowest BCUT2D eigenvalue weighted by Crippen LogP contribution is -2.22. The molecular weight excluding hydrogens is 374 g/mol. The molecule has 0 saturated carbocycles. The van der Waals surface area contributed by atoms with Crippen molar-refractivity contribution in [2.24, 2.45) is 0 Å². The fraction of sp³-hybridized carbons (Fsp3) is 0.200. The van der Waals surface area contributed by atoms with Crippen LogP contribution in [0.3, 0.4) is 0 Å². The van der Waals surface area contributed by atoms with Crippen LogP contribution in [0.1, 0.15) is 23.1 Å². The van der Waals surface area contributed by atoms with Crippen LogP contribution < -0.4 is 16.0 Å². The molecule has 3 rings (SSSR count). The van der Waals surface area contributed by atoms with E-state index in [4.69, 9.17) is 0 Å². The number of amides is 2. The third-order valence-corrected chi connectivity index (χ3v) is 4.96. The maximum Gasteiger partial charge on any atom is 0.243 e. The van der Waals surface area contributed by atoms with Crippen molar-refractivity contribution in [3.63, 3.8) is 0 Å². The molecule has 5 heteroatoms. The molecule has 3 N–H and O–H groups in total. The number of carbonyl (C=O) groups excluding carboxylic acids is 2. The molecule has 30 heavy (non-hydrogen) atoms. The Morgan fingerprint density at radius 1 is 0.767 bits per heavy atom. The Morgan fingerprint density at radius 3 is 2.17 bits per heavy atom. The zero-order valence-corrected chi connectivity index (χ0v) is 17.4. The number of hydrogen-bond acceptors (Lipinski definition) is 3. The molecule has 0 spiro atoms. The number of hydrogen-bond donors (Lipinski definition) is 3. The summed E-state index contributed by atoms with van der Waals surface area (Å²) in [5.74, 6) is -0.206. The molecule has 5 nitrogen and oxygen atoms in total. The van der Waals surface area contributed by atoms with Crippen molar-refractivity contribution in [1.29, 1.82) is 0 Å². The molecule has 0 aromatic heterocycles. The van der Waals surface area contributed by atoms with Crippen LogP contribution in [-0.4, -0.2) is 18.4 Å². The Labute approximate surface area is 177 Å². The number of carbonyl (C=O) groups is 2. The Balaban J connectivity index is 1.50. The Morgan fingerprint density at radius 2 is 1.43 bits per heavy atom. The van der Waals surface area contributed by atoms with Gasteiger partial charge in [0.15, 0.2) is 0 Å². The van der Waals surface area contributed by atoms with Crippen molar-refractivity contribution in [1.82, 2.24) is 0 Å². The van der Waals surface area contributed by atoms with Crippen LogP contribution in [0.5, 0.6) is 0 Å². The van der Waals surface area contributed by atoms with Crippen molar-refractivity contribution in [2.45, 2.75) is 26.7 Å². The van der Waals surface area contributed by atoms with Gasteiger partial charge in [0.1, 0.15) is 0 Å². The highest BCUT2D eigenvalue weighted by Gasteiger charge is 2.07. The van der Waals surface area contributed by atoms with E-state index in [2.05, 4.69) is 16.0 Å². The standard InChI is InChI=1S/C25H27N3O2/c1-18-8-6-13-23(19(18)2)26-17-25(30)28-22-12-7-11-21(16-22)27-24(29)15-14-20-9-4-3-5-10-20/h3-13,16,26H,14-15,17H2,1-2H3,(H,27,29)(H,28,30). The van der Waals surface area contributed by atoms with Crippen molar-refractivity contribution in [2.75, 3.05) is 22.5 Å². The zero-order chi connectivity index (χ0) is 21.3. The number of benzene rings is 3. The molecular formula is C25H27N3O2. The van der Waals surface area contributed by atoms with Gasteiger partial charge in [0.05, 0.1) is 6.54 Å². The minimum atomic E-state index is -0.150. The van der Waals surface area contributed by atoms with Gasteiger partial charge in [-0.15, -0.1) is 0 Å². The lowest BCUT2D eigenvalue weighted by Gasteiger charge is -2.12. The molecule has 3 aromatic rings. The number of nitrogens with one attached hydrogen (secondary N) is 3. The monoisotopic (exact) mass is 401 g/mol. The second kappa shape index (κ2) is 10.3. The largest absolute Gasteiger partial charge is 0.376 e. The Kier molecular flexibility index (Phi) is 7.22. The highest BCUT2D eigenvalue weighted by molar-refractivity contribution is 5.95. The highest BCUT2D eigenvalue weighted by atomic mass is 16.2. The van der Waals surface area contributed by atoms with Crippen LogP contribution >= 0.6 is 0 Å². The van der Waals surface area contributed by atoms with E-state index in [9.17, 15) is 9.59 Å². The first kappa shape index (κ1) is 21.1. The summed E-state index contributed by atoms with van der Waals surface area (Å²) in [6.45, 7) is 4.23.